The number of hydrogen-bond donors (Lipinski definition) is 2. The van der Waals surface area contributed by atoms with Crippen LogP contribution in [0.4, 0.5) is 0 Å². The van der Waals surface area contributed by atoms with Crippen LogP contribution in [-0.4, -0.2) is 38.8 Å². The molecule has 4 nitrogen and oxygen atoms in total. The van der Waals surface area contributed by atoms with E-state index in [-0.39, 0.29) is 0 Å². The van der Waals surface area contributed by atoms with E-state index in [4.69, 9.17) is 4.74 Å². The Labute approximate surface area is 124 Å². The molecule has 0 saturated heterocycles. The molecule has 1 saturated carbocycles. The normalized spacial score (nSPS) is 17.1. The van der Waals surface area contributed by atoms with E-state index in [0.29, 0.717) is 6.04 Å². The number of unbranched alkanes of at least 4 members (excludes halogenated alkanes) is 2. The fourth-order valence-corrected chi connectivity index (χ4v) is 2.12. The van der Waals surface area contributed by atoms with Gasteiger partial charge in [0, 0.05) is 32.8 Å². The van der Waals surface area contributed by atoms with Gasteiger partial charge in [0.15, 0.2) is 5.96 Å². The third kappa shape index (κ3) is 9.18. The summed E-state index contributed by atoms with van der Waals surface area (Å²) in [5.41, 5.74) is 0. The Hall–Kier alpha value is -0.770. The van der Waals surface area contributed by atoms with Gasteiger partial charge in [0.2, 0.25) is 0 Å². The van der Waals surface area contributed by atoms with Gasteiger partial charge < -0.3 is 15.4 Å². The van der Waals surface area contributed by atoms with E-state index < -0.39 is 0 Å². The number of hydrogen-bond acceptors (Lipinski definition) is 2. The molecule has 4 heteroatoms. The Morgan fingerprint density at radius 3 is 2.75 bits per heavy atom. The molecule has 0 aromatic rings. The monoisotopic (exact) mass is 283 g/mol. The quantitative estimate of drug-likeness (QED) is 0.348. The Kier molecular flexibility index (Phi) is 9.46. The average Bonchev–Trinajstić information content (AvgIpc) is 3.25. The fraction of sp³-hybridized carbons (Fsp3) is 0.938. The van der Waals surface area contributed by atoms with Gasteiger partial charge in [-0.2, -0.15) is 0 Å². The number of nitrogens with one attached hydrogen (secondary N) is 2. The summed E-state index contributed by atoms with van der Waals surface area (Å²) in [6, 6.07) is 0.485. The van der Waals surface area contributed by atoms with E-state index in [1.54, 1.807) is 0 Å². The van der Waals surface area contributed by atoms with E-state index in [1.807, 2.05) is 7.05 Å². The zero-order valence-electron chi connectivity index (χ0n) is 13.6. The highest BCUT2D eigenvalue weighted by Crippen LogP contribution is 2.28. The first-order chi connectivity index (χ1) is 9.76. The van der Waals surface area contributed by atoms with Crippen LogP contribution >= 0.6 is 0 Å². The number of nitrogens with zero attached hydrogens (tertiary/aromatic N) is 1. The van der Waals surface area contributed by atoms with Gasteiger partial charge >= 0.3 is 0 Å². The van der Waals surface area contributed by atoms with Crippen molar-refractivity contribution in [3.05, 3.63) is 0 Å². The minimum atomic E-state index is 0.485. The van der Waals surface area contributed by atoms with Gasteiger partial charge in [-0.15, -0.1) is 0 Å². The summed E-state index contributed by atoms with van der Waals surface area (Å²) < 4.78 is 5.62. The van der Waals surface area contributed by atoms with Crippen molar-refractivity contribution >= 4 is 5.96 Å². The van der Waals surface area contributed by atoms with Gasteiger partial charge in [0.1, 0.15) is 0 Å². The third-order valence-corrected chi connectivity index (χ3v) is 3.66. The molecule has 1 fully saturated rings. The van der Waals surface area contributed by atoms with E-state index >= 15 is 0 Å². The molecule has 0 heterocycles. The van der Waals surface area contributed by atoms with Crippen LogP contribution in [0.1, 0.15) is 58.8 Å². The standard InChI is InChI=1S/C16H33N3O/c1-4-5-6-8-14(2)19-16(17-3)18-11-7-12-20-13-15-9-10-15/h14-15H,4-13H2,1-3H3,(H2,17,18,19). The summed E-state index contributed by atoms with van der Waals surface area (Å²) >= 11 is 0. The smallest absolute Gasteiger partial charge is 0.191 e. The van der Waals surface area contributed by atoms with Crippen LogP contribution in [0, 0.1) is 5.92 Å². The lowest BCUT2D eigenvalue weighted by molar-refractivity contribution is 0.123. The second-order valence-corrected chi connectivity index (χ2v) is 5.91. The van der Waals surface area contributed by atoms with Crippen LogP contribution in [0.25, 0.3) is 0 Å². The molecular formula is C16H33N3O. The minimum Gasteiger partial charge on any atom is -0.381 e. The van der Waals surface area contributed by atoms with Gasteiger partial charge in [-0.25, -0.2) is 0 Å². The molecule has 1 unspecified atom stereocenters. The maximum atomic E-state index is 5.62. The van der Waals surface area contributed by atoms with Gasteiger partial charge in [-0.3, -0.25) is 4.99 Å². The molecule has 1 aliphatic carbocycles. The summed E-state index contributed by atoms with van der Waals surface area (Å²) in [4.78, 5) is 4.27. The summed E-state index contributed by atoms with van der Waals surface area (Å²) in [6.45, 7) is 7.20. The summed E-state index contributed by atoms with van der Waals surface area (Å²) in [6.07, 6.45) is 8.86. The molecule has 0 aliphatic heterocycles. The van der Waals surface area contributed by atoms with E-state index in [1.165, 1.54) is 38.5 Å². The highest BCUT2D eigenvalue weighted by molar-refractivity contribution is 5.79. The Bertz CT molecular complexity index is 264. The lowest BCUT2D eigenvalue weighted by Gasteiger charge is -2.17. The molecule has 0 aromatic carbocycles. The molecule has 0 spiro atoms. The molecular weight excluding hydrogens is 250 g/mol. The van der Waals surface area contributed by atoms with Gasteiger partial charge in [-0.1, -0.05) is 26.2 Å². The highest BCUT2D eigenvalue weighted by atomic mass is 16.5. The van der Waals surface area contributed by atoms with Crippen molar-refractivity contribution < 1.29 is 4.74 Å². The number of aliphatic imine (C=N–C) groups is 1. The van der Waals surface area contributed by atoms with Crippen molar-refractivity contribution in [1.29, 1.82) is 0 Å². The Morgan fingerprint density at radius 1 is 1.30 bits per heavy atom. The lowest BCUT2D eigenvalue weighted by atomic mass is 10.1. The SMILES string of the molecule is CCCCCC(C)NC(=NC)NCCCOCC1CC1. The number of ether oxygens (including phenoxy) is 1. The lowest BCUT2D eigenvalue weighted by Crippen LogP contribution is -2.42. The molecule has 1 atom stereocenters. The molecule has 0 radical (unpaired) electrons. The van der Waals surface area contributed by atoms with Crippen molar-refractivity contribution in [3.63, 3.8) is 0 Å². The Balaban J connectivity index is 1.97. The number of guanidine groups is 1. The second kappa shape index (κ2) is 11.0. The molecule has 20 heavy (non-hydrogen) atoms. The van der Waals surface area contributed by atoms with E-state index in [9.17, 15) is 0 Å². The molecule has 0 bridgehead atoms. The number of rotatable bonds is 11. The van der Waals surface area contributed by atoms with Crippen LogP contribution in [0.15, 0.2) is 4.99 Å². The summed E-state index contributed by atoms with van der Waals surface area (Å²) in [5.74, 6) is 1.78. The van der Waals surface area contributed by atoms with Crippen molar-refractivity contribution in [2.24, 2.45) is 10.9 Å². The molecule has 1 rings (SSSR count). The maximum Gasteiger partial charge on any atom is 0.191 e. The molecule has 1 aliphatic rings. The summed E-state index contributed by atoms with van der Waals surface area (Å²) in [5, 5.41) is 6.80. The predicted octanol–water partition coefficient (Wildman–Crippen LogP) is 2.94. The van der Waals surface area contributed by atoms with Crippen LogP contribution < -0.4 is 10.6 Å². The second-order valence-electron chi connectivity index (χ2n) is 5.91. The van der Waals surface area contributed by atoms with Crippen molar-refractivity contribution in [3.8, 4) is 0 Å². The molecule has 2 N–H and O–H groups in total. The van der Waals surface area contributed by atoms with Crippen molar-refractivity contribution in [2.75, 3.05) is 26.8 Å². The summed E-state index contributed by atoms with van der Waals surface area (Å²) in [7, 11) is 1.83. The van der Waals surface area contributed by atoms with Crippen LogP contribution in [-0.2, 0) is 4.74 Å². The third-order valence-electron chi connectivity index (χ3n) is 3.66. The Morgan fingerprint density at radius 2 is 2.10 bits per heavy atom. The van der Waals surface area contributed by atoms with Crippen LogP contribution in [0.5, 0.6) is 0 Å². The fourth-order valence-electron chi connectivity index (χ4n) is 2.12. The zero-order chi connectivity index (χ0) is 14.6. The van der Waals surface area contributed by atoms with E-state index in [0.717, 1.165) is 38.1 Å². The topological polar surface area (TPSA) is 45.7 Å². The van der Waals surface area contributed by atoms with Crippen molar-refractivity contribution in [1.82, 2.24) is 10.6 Å². The largest absolute Gasteiger partial charge is 0.381 e. The van der Waals surface area contributed by atoms with Crippen LogP contribution in [0.2, 0.25) is 0 Å². The van der Waals surface area contributed by atoms with Crippen LogP contribution in [0.3, 0.4) is 0 Å². The first kappa shape index (κ1) is 17.3. The average molecular weight is 283 g/mol. The van der Waals surface area contributed by atoms with Gasteiger partial charge in [0.25, 0.3) is 0 Å². The van der Waals surface area contributed by atoms with E-state index in [2.05, 4.69) is 29.5 Å². The zero-order valence-corrected chi connectivity index (χ0v) is 13.6. The minimum absolute atomic E-state index is 0.485. The van der Waals surface area contributed by atoms with Crippen molar-refractivity contribution in [2.45, 2.75) is 64.8 Å². The first-order valence-electron chi connectivity index (χ1n) is 8.31. The molecule has 0 aromatic heterocycles. The predicted molar refractivity (Wildman–Crippen MR) is 86.3 cm³/mol. The highest BCUT2D eigenvalue weighted by Gasteiger charge is 2.20. The van der Waals surface area contributed by atoms with Gasteiger partial charge in [-0.05, 0) is 38.5 Å². The first-order valence-corrected chi connectivity index (χ1v) is 8.31. The van der Waals surface area contributed by atoms with Gasteiger partial charge in [0.05, 0.1) is 0 Å². The molecule has 0 amide bonds. The molecule has 118 valence electrons. The maximum absolute atomic E-state index is 5.62.